The van der Waals surface area contributed by atoms with Crippen LogP contribution in [0.15, 0.2) is 147 Å². The highest BCUT2D eigenvalue weighted by Gasteiger charge is 2.39. The van der Waals surface area contributed by atoms with E-state index in [1.807, 2.05) is 85.9 Å². The zero-order valence-electron chi connectivity index (χ0n) is 45.4. The largest absolute Gasteiger partial charge is 0.508 e. The van der Waals surface area contributed by atoms with Crippen molar-refractivity contribution < 1.29 is 52.8 Å². The average molecular weight is 1250 g/mol. The minimum Gasteiger partial charge on any atom is -0.508 e. The number of hydrogen-bond donors (Lipinski definition) is 1. The van der Waals surface area contributed by atoms with Crippen molar-refractivity contribution in [1.29, 1.82) is 0 Å². The van der Waals surface area contributed by atoms with E-state index in [0.29, 0.717) is 85.6 Å². The molecule has 0 fully saturated rings. The Morgan fingerprint density at radius 2 is 0.928 bits per heavy atom. The van der Waals surface area contributed by atoms with Crippen LogP contribution in [0.5, 0.6) is 23.0 Å². The van der Waals surface area contributed by atoms with Gasteiger partial charge in [-0.3, -0.25) is 44.1 Å². The van der Waals surface area contributed by atoms with Gasteiger partial charge in [0.15, 0.2) is 11.5 Å². The molecule has 1 N–H and O–H groups in total. The summed E-state index contributed by atoms with van der Waals surface area (Å²) < 4.78 is 27.4. The van der Waals surface area contributed by atoms with Crippen molar-refractivity contribution in [2.24, 2.45) is 15.0 Å². The van der Waals surface area contributed by atoms with Gasteiger partial charge in [0.25, 0.3) is 17.7 Å². The smallest absolute Gasteiger partial charge is 0.330 e. The number of hydrogen-bond acceptors (Lipinski definition) is 14. The molecule has 12 rings (SSSR count). The van der Waals surface area contributed by atoms with E-state index in [2.05, 4.69) is 46.6 Å². The standard InChI is InChI=1S/C40H34N4O7.C17H14N2O2.C6H8Br2O2.CH4/c1-23-12-29-31(41-19-27-14-25-8-4-6-10-33(25)43(27)39(29)46)17-35(23)50-21-24(13-38(45)49-3)22-51-37-18-32-30(16-36(37)48-2)40(47)44-28(20-42-32)15-26-9-5-7-11-34(26)44;1-10-6-13-14(8-16(10)20)18-9-12-7-11-4-2-3-5-15(11)19(12)17(13)21;1-10-6(9)2-5(3-7)4-8;/h4-13,16-20,27-28H,14-15,21-22H2,1-3H3;2-6,8-9,12,20H,7H2,1H3;2H,3-4H2,1H3;1H4/b24-13+;;;/t27-,28-;12-;;/m00../s1. The number of alkyl halides is 2. The Bertz CT molecular complexity index is 3720. The third-order valence-electron chi connectivity index (χ3n) is 14.6. The molecule has 19 heteroatoms. The fourth-order valence-corrected chi connectivity index (χ4v) is 11.7. The van der Waals surface area contributed by atoms with Crippen LogP contribution in [0.1, 0.15) is 66.3 Å². The molecule has 0 aliphatic carbocycles. The van der Waals surface area contributed by atoms with Crippen LogP contribution < -0.4 is 28.9 Å². The van der Waals surface area contributed by atoms with Crippen molar-refractivity contribution in [2.75, 3.05) is 59.9 Å². The number of anilines is 3. The number of carbonyl (C=O) groups excluding carboxylic acids is 5. The number of allylic oxidation sites excluding steroid dienone is 1. The van der Waals surface area contributed by atoms with Crippen molar-refractivity contribution in [3.05, 3.63) is 177 Å². The number of rotatable bonds is 11. The zero-order chi connectivity index (χ0) is 57.8. The van der Waals surface area contributed by atoms with E-state index in [1.165, 1.54) is 39.0 Å². The Morgan fingerprint density at radius 1 is 0.542 bits per heavy atom. The number of fused-ring (bicyclic) bond motifs is 12. The maximum Gasteiger partial charge on any atom is 0.330 e. The van der Waals surface area contributed by atoms with Gasteiger partial charge in [-0.05, 0) is 83.6 Å². The molecule has 6 aliphatic rings. The second kappa shape index (κ2) is 25.6. The van der Waals surface area contributed by atoms with Crippen LogP contribution >= 0.6 is 31.9 Å². The van der Waals surface area contributed by atoms with E-state index in [0.717, 1.165) is 45.7 Å². The van der Waals surface area contributed by atoms with Gasteiger partial charge in [0.1, 0.15) is 24.7 Å². The molecule has 83 heavy (non-hydrogen) atoms. The number of benzene rings is 6. The number of halogens is 2. The van der Waals surface area contributed by atoms with Crippen molar-refractivity contribution >= 4 is 114 Å². The maximum atomic E-state index is 13.8. The average Bonchev–Trinajstić information content (AvgIpc) is 2.32. The van der Waals surface area contributed by atoms with Gasteiger partial charge in [0.2, 0.25) is 0 Å². The van der Waals surface area contributed by atoms with Gasteiger partial charge < -0.3 is 28.8 Å². The molecule has 0 bridgehead atoms. The molecule has 6 aromatic carbocycles. The third kappa shape index (κ3) is 12.1. The van der Waals surface area contributed by atoms with E-state index < -0.39 is 5.97 Å². The highest BCUT2D eigenvalue weighted by Crippen LogP contribution is 2.43. The highest BCUT2D eigenvalue weighted by atomic mass is 79.9. The maximum absolute atomic E-state index is 13.8. The fourth-order valence-electron chi connectivity index (χ4n) is 10.5. The lowest BCUT2D eigenvalue weighted by Crippen LogP contribution is -2.37. The lowest BCUT2D eigenvalue weighted by atomic mass is 10.1. The Labute approximate surface area is 497 Å². The first kappa shape index (κ1) is 59.0. The number of para-hydroxylation sites is 3. The van der Waals surface area contributed by atoms with E-state index >= 15 is 0 Å². The number of carbonyl (C=O) groups is 5. The zero-order valence-corrected chi connectivity index (χ0v) is 48.6. The number of amides is 3. The number of phenolic OH excluding ortho intramolecular Hbond substituents is 1. The van der Waals surface area contributed by atoms with Gasteiger partial charge >= 0.3 is 11.9 Å². The van der Waals surface area contributed by atoms with Crippen LogP contribution in [-0.2, 0) is 38.3 Å². The van der Waals surface area contributed by atoms with Gasteiger partial charge in [-0.1, -0.05) is 93.9 Å². The molecular formula is C64H60Br2N6O11. The number of aryl methyl sites for hydroxylation is 2. The number of phenols is 1. The minimum atomic E-state index is -0.572. The Balaban J connectivity index is 0.000000211. The number of aliphatic imine (C=N–C) groups is 3. The Kier molecular flexibility index (Phi) is 18.2. The van der Waals surface area contributed by atoms with Gasteiger partial charge in [-0.2, -0.15) is 0 Å². The second-order valence-corrected chi connectivity index (χ2v) is 21.0. The normalized spacial score (nSPS) is 17.0. The van der Waals surface area contributed by atoms with Crippen molar-refractivity contribution in [2.45, 2.75) is 58.7 Å². The Morgan fingerprint density at radius 3 is 1.36 bits per heavy atom. The molecule has 3 atom stereocenters. The molecule has 6 aliphatic heterocycles. The molecule has 0 saturated heterocycles. The molecule has 0 aromatic heterocycles. The van der Waals surface area contributed by atoms with E-state index in [9.17, 15) is 29.1 Å². The third-order valence-corrected chi connectivity index (χ3v) is 16.1. The molecule has 3 amide bonds. The number of aromatic hydroxyl groups is 1. The molecule has 0 radical (unpaired) electrons. The molecule has 0 saturated carbocycles. The predicted octanol–water partition coefficient (Wildman–Crippen LogP) is 11.6. The molecule has 426 valence electrons. The van der Waals surface area contributed by atoms with E-state index in [4.69, 9.17) is 23.9 Å². The van der Waals surface area contributed by atoms with Crippen LogP contribution in [0.25, 0.3) is 0 Å². The van der Waals surface area contributed by atoms with Gasteiger partial charge in [0.05, 0.1) is 73.2 Å². The number of ether oxygens (including phenoxy) is 5. The van der Waals surface area contributed by atoms with Gasteiger partial charge in [0, 0.05) is 102 Å². The fraction of sp³-hybridized carbons (Fsp3) is 0.250. The summed E-state index contributed by atoms with van der Waals surface area (Å²) in [5.74, 6) is 0.137. The summed E-state index contributed by atoms with van der Waals surface area (Å²) in [6, 6.07) is 33.4. The molecule has 0 unspecified atom stereocenters. The van der Waals surface area contributed by atoms with Crippen LogP contribution in [-0.4, -0.2) is 117 Å². The van der Waals surface area contributed by atoms with Crippen molar-refractivity contribution in [3.63, 3.8) is 0 Å². The molecular weight excluding hydrogens is 1190 g/mol. The number of nitrogens with zero attached hydrogens (tertiary/aromatic N) is 6. The topological polar surface area (TPSA) is 199 Å². The first-order chi connectivity index (χ1) is 39.7. The quantitative estimate of drug-likeness (QED) is 0.0735. The van der Waals surface area contributed by atoms with E-state index in [1.54, 1.807) is 70.5 Å². The van der Waals surface area contributed by atoms with Crippen LogP contribution in [0, 0.1) is 13.8 Å². The molecule has 6 heterocycles. The Hall–Kier alpha value is -8.68. The van der Waals surface area contributed by atoms with Crippen LogP contribution in [0.2, 0.25) is 0 Å². The summed E-state index contributed by atoms with van der Waals surface area (Å²) in [6.45, 7) is 3.57. The first-order valence-electron chi connectivity index (χ1n) is 26.2. The second-order valence-electron chi connectivity index (χ2n) is 19.9. The molecule has 6 aromatic rings. The summed E-state index contributed by atoms with van der Waals surface area (Å²) in [5.41, 5.74) is 11.9. The molecule has 17 nitrogen and oxygen atoms in total. The van der Waals surface area contributed by atoms with Crippen LogP contribution in [0.3, 0.4) is 0 Å². The van der Waals surface area contributed by atoms with Gasteiger partial charge in [-0.15, -0.1) is 0 Å². The highest BCUT2D eigenvalue weighted by molar-refractivity contribution is 9.10. The lowest BCUT2D eigenvalue weighted by molar-refractivity contribution is -0.135. The monoisotopic (exact) mass is 1250 g/mol. The summed E-state index contributed by atoms with van der Waals surface area (Å²) in [4.78, 5) is 82.6. The SMILES string of the molecule is C.COC(=O)/C=C(\COc1cc2c(cc1C)C(=O)N1c3ccccc3C[C@H]1C=N2)COc1cc2c(cc1OC)C(=O)N1c3ccccc3C[C@H]1C=N2.COC(=O)C=C(CBr)CBr.Cc1cc2c(cc1O)N=C[C@@H]1Cc3ccccc3N1C2=O. The first-order valence-corrected chi connectivity index (χ1v) is 28.5. The summed E-state index contributed by atoms with van der Waals surface area (Å²) in [7, 11) is 4.15. The minimum absolute atomic E-state index is 0. The predicted molar refractivity (Wildman–Crippen MR) is 329 cm³/mol. The van der Waals surface area contributed by atoms with Gasteiger partial charge in [-0.25, -0.2) is 9.59 Å². The van der Waals surface area contributed by atoms with Crippen molar-refractivity contribution in [3.8, 4) is 23.0 Å². The molecule has 0 spiro atoms. The number of esters is 2. The van der Waals surface area contributed by atoms with Crippen molar-refractivity contribution in [1.82, 2.24) is 0 Å². The summed E-state index contributed by atoms with van der Waals surface area (Å²) >= 11 is 6.46. The van der Waals surface area contributed by atoms with E-state index in [-0.39, 0.29) is 68.2 Å². The summed E-state index contributed by atoms with van der Waals surface area (Å²) in [6.07, 6.45) is 10.4. The number of methoxy groups -OCH3 is 3. The van der Waals surface area contributed by atoms with Crippen LogP contribution in [0.4, 0.5) is 34.1 Å². The lowest BCUT2D eigenvalue weighted by Gasteiger charge is -2.22. The summed E-state index contributed by atoms with van der Waals surface area (Å²) in [5, 5.41) is 11.2.